The summed E-state index contributed by atoms with van der Waals surface area (Å²) in [5.41, 5.74) is 1.96. The second-order valence-electron chi connectivity index (χ2n) is 7.24. The summed E-state index contributed by atoms with van der Waals surface area (Å²) in [4.78, 5) is 12.4. The van der Waals surface area contributed by atoms with Gasteiger partial charge < -0.3 is 10.6 Å². The highest BCUT2D eigenvalue weighted by Gasteiger charge is 2.21. The highest BCUT2D eigenvalue weighted by Crippen LogP contribution is 2.29. The van der Waals surface area contributed by atoms with Crippen LogP contribution in [0, 0.1) is 17.6 Å². The van der Waals surface area contributed by atoms with Crippen LogP contribution in [0.4, 0.5) is 8.78 Å². The fourth-order valence-corrected chi connectivity index (χ4v) is 3.45. The van der Waals surface area contributed by atoms with E-state index in [2.05, 4.69) is 24.5 Å². The minimum absolute atomic E-state index is 0.0111. The molecule has 0 bridgehead atoms. The van der Waals surface area contributed by atoms with Gasteiger partial charge in [0, 0.05) is 12.5 Å². The zero-order valence-electron chi connectivity index (χ0n) is 16.8. The van der Waals surface area contributed by atoms with Crippen LogP contribution < -0.4 is 10.6 Å². The standard InChI is InChI=1S/C23H30F2N2O/c1-4-16(2)22(26-3)23(28)27-15-5-6-21(17-7-11-19(24)12-8-17)18-9-13-20(25)14-10-18/h7-14,16,21-22,26H,4-6,15H2,1-3H3,(H,27,28). The van der Waals surface area contributed by atoms with Crippen LogP contribution in [0.5, 0.6) is 0 Å². The SMILES string of the molecule is CCC(C)C(NC)C(=O)NCCCC(c1ccc(F)cc1)c1ccc(F)cc1. The third-order valence-corrected chi connectivity index (χ3v) is 5.32. The lowest BCUT2D eigenvalue weighted by molar-refractivity contribution is -0.124. The molecule has 2 aromatic carbocycles. The molecule has 2 rings (SSSR count). The van der Waals surface area contributed by atoms with Crippen LogP contribution in [0.3, 0.4) is 0 Å². The van der Waals surface area contributed by atoms with E-state index in [1.807, 2.05) is 0 Å². The molecule has 0 radical (unpaired) electrons. The predicted octanol–water partition coefficient (Wildman–Crippen LogP) is 4.63. The van der Waals surface area contributed by atoms with E-state index in [1.165, 1.54) is 24.3 Å². The molecule has 28 heavy (non-hydrogen) atoms. The Morgan fingerprint density at radius 1 is 0.964 bits per heavy atom. The monoisotopic (exact) mass is 388 g/mol. The van der Waals surface area contributed by atoms with Crippen LogP contribution in [0.2, 0.25) is 0 Å². The van der Waals surface area contributed by atoms with Gasteiger partial charge in [-0.3, -0.25) is 4.79 Å². The summed E-state index contributed by atoms with van der Waals surface area (Å²) >= 11 is 0. The maximum absolute atomic E-state index is 13.3. The Kier molecular flexibility index (Phi) is 8.58. The lowest BCUT2D eigenvalue weighted by atomic mass is 9.87. The molecule has 2 N–H and O–H groups in total. The molecule has 2 atom stereocenters. The van der Waals surface area contributed by atoms with Gasteiger partial charge in [-0.05, 0) is 61.2 Å². The number of carbonyl (C=O) groups excluding carboxylic acids is 1. The van der Waals surface area contributed by atoms with Crippen molar-refractivity contribution in [1.29, 1.82) is 0 Å². The molecule has 0 saturated heterocycles. The Bertz CT molecular complexity index is 686. The van der Waals surface area contributed by atoms with Gasteiger partial charge in [-0.2, -0.15) is 0 Å². The second-order valence-corrected chi connectivity index (χ2v) is 7.24. The third kappa shape index (κ3) is 6.13. The van der Waals surface area contributed by atoms with Crippen molar-refractivity contribution >= 4 is 5.91 Å². The molecule has 152 valence electrons. The number of carbonyl (C=O) groups is 1. The van der Waals surface area contributed by atoms with Gasteiger partial charge >= 0.3 is 0 Å². The normalized spacial score (nSPS) is 13.4. The first-order chi connectivity index (χ1) is 13.5. The van der Waals surface area contributed by atoms with Gasteiger partial charge in [0.15, 0.2) is 0 Å². The molecule has 0 aliphatic heterocycles. The van der Waals surface area contributed by atoms with Gasteiger partial charge in [-0.25, -0.2) is 8.78 Å². The summed E-state index contributed by atoms with van der Waals surface area (Å²) in [5.74, 6) is -0.269. The molecule has 2 aromatic rings. The van der Waals surface area contributed by atoms with Crippen molar-refractivity contribution in [2.75, 3.05) is 13.6 Å². The van der Waals surface area contributed by atoms with E-state index in [0.717, 1.165) is 30.4 Å². The number of likely N-dealkylation sites (N-methyl/N-ethyl adjacent to an activating group) is 1. The summed E-state index contributed by atoms with van der Waals surface area (Å²) in [5, 5.41) is 6.09. The fourth-order valence-electron chi connectivity index (χ4n) is 3.45. The molecule has 2 unspecified atom stereocenters. The van der Waals surface area contributed by atoms with Crippen LogP contribution in [0.15, 0.2) is 48.5 Å². The van der Waals surface area contributed by atoms with Crippen LogP contribution in [-0.2, 0) is 4.79 Å². The summed E-state index contributed by atoms with van der Waals surface area (Å²) in [6, 6.07) is 12.6. The summed E-state index contributed by atoms with van der Waals surface area (Å²) in [6.07, 6.45) is 2.46. The number of benzene rings is 2. The van der Waals surface area contributed by atoms with Gasteiger partial charge in [-0.1, -0.05) is 44.5 Å². The fraction of sp³-hybridized carbons (Fsp3) is 0.435. The molecular weight excluding hydrogens is 358 g/mol. The van der Waals surface area contributed by atoms with Crippen LogP contribution in [0.1, 0.15) is 50.2 Å². The molecule has 0 spiro atoms. The van der Waals surface area contributed by atoms with Crippen molar-refractivity contribution < 1.29 is 13.6 Å². The van der Waals surface area contributed by atoms with E-state index in [4.69, 9.17) is 0 Å². The summed E-state index contributed by atoms with van der Waals surface area (Å²) < 4.78 is 26.6. The summed E-state index contributed by atoms with van der Waals surface area (Å²) in [6.45, 7) is 4.68. The first kappa shape index (κ1) is 22.0. The van der Waals surface area contributed by atoms with Crippen LogP contribution in [-0.4, -0.2) is 25.5 Å². The Balaban J connectivity index is 2.00. The van der Waals surface area contributed by atoms with Crippen molar-refractivity contribution in [2.24, 2.45) is 5.92 Å². The maximum Gasteiger partial charge on any atom is 0.237 e. The lowest BCUT2D eigenvalue weighted by Crippen LogP contribution is -2.46. The van der Waals surface area contributed by atoms with Gasteiger partial charge in [0.05, 0.1) is 6.04 Å². The predicted molar refractivity (Wildman–Crippen MR) is 109 cm³/mol. The van der Waals surface area contributed by atoms with Gasteiger partial charge in [0.1, 0.15) is 11.6 Å². The molecular formula is C23H30F2N2O. The molecule has 0 heterocycles. The Morgan fingerprint density at radius 2 is 1.46 bits per heavy atom. The van der Waals surface area contributed by atoms with Crippen molar-refractivity contribution in [1.82, 2.24) is 10.6 Å². The number of hydrogen-bond donors (Lipinski definition) is 2. The highest BCUT2D eigenvalue weighted by molar-refractivity contribution is 5.81. The van der Waals surface area contributed by atoms with Gasteiger partial charge in [0.2, 0.25) is 5.91 Å². The molecule has 0 saturated carbocycles. The number of hydrogen-bond acceptors (Lipinski definition) is 2. The van der Waals surface area contributed by atoms with Crippen molar-refractivity contribution in [3.05, 3.63) is 71.3 Å². The minimum atomic E-state index is -0.281. The van der Waals surface area contributed by atoms with E-state index < -0.39 is 0 Å². The zero-order chi connectivity index (χ0) is 20.5. The van der Waals surface area contributed by atoms with Crippen molar-refractivity contribution in [3.8, 4) is 0 Å². The minimum Gasteiger partial charge on any atom is -0.355 e. The first-order valence-electron chi connectivity index (χ1n) is 9.92. The van der Waals surface area contributed by atoms with E-state index >= 15 is 0 Å². The third-order valence-electron chi connectivity index (χ3n) is 5.32. The molecule has 0 fully saturated rings. The highest BCUT2D eigenvalue weighted by atomic mass is 19.1. The zero-order valence-corrected chi connectivity index (χ0v) is 16.8. The Hall–Kier alpha value is -2.27. The van der Waals surface area contributed by atoms with E-state index in [0.29, 0.717) is 6.54 Å². The van der Waals surface area contributed by atoms with Gasteiger partial charge in [-0.15, -0.1) is 0 Å². The second kappa shape index (κ2) is 10.9. The number of amides is 1. The average Bonchev–Trinajstić information content (AvgIpc) is 2.70. The molecule has 0 aliphatic rings. The lowest BCUT2D eigenvalue weighted by Gasteiger charge is -2.22. The number of rotatable bonds is 10. The summed E-state index contributed by atoms with van der Waals surface area (Å²) in [7, 11) is 1.80. The molecule has 0 aliphatic carbocycles. The van der Waals surface area contributed by atoms with Crippen molar-refractivity contribution in [2.45, 2.75) is 45.1 Å². The molecule has 5 heteroatoms. The van der Waals surface area contributed by atoms with Crippen molar-refractivity contribution in [3.63, 3.8) is 0 Å². The number of nitrogens with one attached hydrogen (secondary N) is 2. The molecule has 0 aromatic heterocycles. The van der Waals surface area contributed by atoms with Crippen LogP contribution in [0.25, 0.3) is 0 Å². The van der Waals surface area contributed by atoms with E-state index in [-0.39, 0.29) is 35.4 Å². The van der Waals surface area contributed by atoms with E-state index in [9.17, 15) is 13.6 Å². The van der Waals surface area contributed by atoms with E-state index in [1.54, 1.807) is 31.3 Å². The average molecular weight is 389 g/mol. The Morgan fingerprint density at radius 3 is 1.89 bits per heavy atom. The first-order valence-corrected chi connectivity index (χ1v) is 9.92. The number of halogens is 2. The quantitative estimate of drug-likeness (QED) is 0.583. The maximum atomic E-state index is 13.3. The largest absolute Gasteiger partial charge is 0.355 e. The van der Waals surface area contributed by atoms with Crippen LogP contribution >= 0.6 is 0 Å². The Labute approximate surface area is 166 Å². The van der Waals surface area contributed by atoms with Gasteiger partial charge in [0.25, 0.3) is 0 Å². The topological polar surface area (TPSA) is 41.1 Å². The molecule has 3 nitrogen and oxygen atoms in total. The molecule has 1 amide bonds. The smallest absolute Gasteiger partial charge is 0.237 e.